The summed E-state index contributed by atoms with van der Waals surface area (Å²) in [5.74, 6) is -0.414. The van der Waals surface area contributed by atoms with Gasteiger partial charge in [-0.25, -0.2) is 10.4 Å². The molecule has 6 nitrogen and oxygen atoms in total. The molecule has 7 heteroatoms. The summed E-state index contributed by atoms with van der Waals surface area (Å²) in [6.07, 6.45) is 0.678. The molecule has 0 spiro atoms. The van der Waals surface area contributed by atoms with E-state index in [1.165, 1.54) is 0 Å². The number of aryl methyl sites for hydroxylation is 1. The summed E-state index contributed by atoms with van der Waals surface area (Å²) in [5.41, 5.74) is 3.50. The van der Waals surface area contributed by atoms with Gasteiger partial charge in [0, 0.05) is 18.2 Å². The first-order valence-electron chi connectivity index (χ1n) is 5.64. The van der Waals surface area contributed by atoms with Crippen LogP contribution in [0, 0.1) is 6.92 Å². The number of carbonyl (C=O) groups is 2. The quantitative estimate of drug-likeness (QED) is 0.852. The number of nitrogens with one attached hydrogen (secondary N) is 2. The van der Waals surface area contributed by atoms with Crippen molar-refractivity contribution in [2.45, 2.75) is 32.7 Å². The number of carbonyl (C=O) groups excluding carboxylic acids is 2. The molecule has 1 aromatic heterocycles. The van der Waals surface area contributed by atoms with E-state index < -0.39 is 0 Å². The molecule has 0 bridgehead atoms. The van der Waals surface area contributed by atoms with Crippen molar-refractivity contribution in [1.29, 1.82) is 0 Å². The van der Waals surface area contributed by atoms with Crippen molar-refractivity contribution in [1.82, 2.24) is 15.7 Å². The summed E-state index contributed by atoms with van der Waals surface area (Å²) in [6.45, 7) is 3.79. The van der Waals surface area contributed by atoms with Crippen LogP contribution in [0.2, 0.25) is 0 Å². The Balaban J connectivity index is 1.97. The van der Waals surface area contributed by atoms with Gasteiger partial charge in [-0.15, -0.1) is 11.3 Å². The fraction of sp³-hybridized carbons (Fsp3) is 0.455. The van der Waals surface area contributed by atoms with Crippen molar-refractivity contribution >= 4 is 28.9 Å². The van der Waals surface area contributed by atoms with E-state index in [0.717, 1.165) is 10.7 Å². The summed E-state index contributed by atoms with van der Waals surface area (Å²) < 4.78 is 0. The van der Waals surface area contributed by atoms with E-state index in [2.05, 4.69) is 20.8 Å². The lowest BCUT2D eigenvalue weighted by Gasteiger charge is -2.15. The Hall–Kier alpha value is -1.76. The molecule has 1 aliphatic heterocycles. The van der Waals surface area contributed by atoms with Crippen LogP contribution in [0.4, 0.5) is 0 Å². The smallest absolute Gasteiger partial charge is 0.268 e. The first-order valence-corrected chi connectivity index (χ1v) is 6.52. The highest BCUT2D eigenvalue weighted by atomic mass is 32.1. The molecule has 1 unspecified atom stereocenters. The van der Waals surface area contributed by atoms with E-state index in [0.29, 0.717) is 18.6 Å². The first-order chi connectivity index (χ1) is 8.56. The van der Waals surface area contributed by atoms with Crippen molar-refractivity contribution in [3.05, 3.63) is 16.1 Å². The van der Waals surface area contributed by atoms with Gasteiger partial charge in [-0.05, 0) is 13.8 Å². The highest BCUT2D eigenvalue weighted by Gasteiger charge is 2.20. The van der Waals surface area contributed by atoms with Gasteiger partial charge < -0.3 is 5.32 Å². The van der Waals surface area contributed by atoms with Crippen LogP contribution in [0.15, 0.2) is 10.5 Å². The molecule has 0 radical (unpaired) electrons. The number of thiazole rings is 1. The summed E-state index contributed by atoms with van der Waals surface area (Å²) in [4.78, 5) is 27.1. The molecule has 0 saturated carbocycles. The standard InChI is InChI=1S/C11H14N4O2S/c1-6(9-5-18-7(2)13-9)12-11(17)8-3-4-10(16)15-14-8/h5-6H,3-4H2,1-2H3,(H,12,17)(H,15,16). The predicted molar refractivity (Wildman–Crippen MR) is 68.2 cm³/mol. The van der Waals surface area contributed by atoms with Crippen LogP contribution >= 0.6 is 11.3 Å². The van der Waals surface area contributed by atoms with Crippen LogP contribution in [0.1, 0.15) is 36.5 Å². The van der Waals surface area contributed by atoms with Crippen LogP contribution < -0.4 is 10.7 Å². The molecule has 1 aromatic rings. The number of amides is 2. The Morgan fingerprint density at radius 2 is 2.33 bits per heavy atom. The Labute approximate surface area is 108 Å². The van der Waals surface area contributed by atoms with Crippen molar-refractivity contribution in [2.24, 2.45) is 5.10 Å². The first kappa shape index (κ1) is 12.7. The fourth-order valence-electron chi connectivity index (χ4n) is 1.57. The van der Waals surface area contributed by atoms with E-state index in [1.54, 1.807) is 11.3 Å². The average molecular weight is 266 g/mol. The minimum Gasteiger partial charge on any atom is -0.343 e. The predicted octanol–water partition coefficient (Wildman–Crippen LogP) is 0.895. The van der Waals surface area contributed by atoms with Crippen molar-refractivity contribution in [2.75, 3.05) is 0 Å². The lowest BCUT2D eigenvalue weighted by Crippen LogP contribution is -2.38. The number of hydrogen-bond donors (Lipinski definition) is 2. The van der Waals surface area contributed by atoms with Gasteiger partial charge in [-0.3, -0.25) is 9.59 Å². The Morgan fingerprint density at radius 3 is 2.89 bits per heavy atom. The van der Waals surface area contributed by atoms with Crippen LogP contribution in [0.3, 0.4) is 0 Å². The lowest BCUT2D eigenvalue weighted by molar-refractivity contribution is -0.121. The topological polar surface area (TPSA) is 83.4 Å². The Bertz CT molecular complexity index is 509. The van der Waals surface area contributed by atoms with E-state index in [1.807, 2.05) is 19.2 Å². The van der Waals surface area contributed by atoms with Gasteiger partial charge in [0.2, 0.25) is 5.91 Å². The molecule has 1 atom stereocenters. The molecule has 2 rings (SSSR count). The fourth-order valence-corrected chi connectivity index (χ4v) is 2.28. The second-order valence-electron chi connectivity index (χ2n) is 4.08. The van der Waals surface area contributed by atoms with Gasteiger partial charge >= 0.3 is 0 Å². The Morgan fingerprint density at radius 1 is 1.56 bits per heavy atom. The molecule has 2 N–H and O–H groups in total. The average Bonchev–Trinajstić information content (AvgIpc) is 2.76. The molecule has 0 fully saturated rings. The zero-order valence-corrected chi connectivity index (χ0v) is 11.0. The number of rotatable bonds is 3. The maximum absolute atomic E-state index is 11.9. The summed E-state index contributed by atoms with van der Waals surface area (Å²) in [6, 6.07) is -0.164. The molecule has 2 amide bonds. The van der Waals surface area contributed by atoms with Crippen LogP contribution in [-0.4, -0.2) is 22.5 Å². The largest absolute Gasteiger partial charge is 0.343 e. The minimum atomic E-state index is -0.256. The Kier molecular flexibility index (Phi) is 3.71. The summed E-state index contributed by atoms with van der Waals surface area (Å²) in [5, 5.41) is 9.45. The van der Waals surface area contributed by atoms with Gasteiger partial charge in [0.1, 0.15) is 5.71 Å². The summed E-state index contributed by atoms with van der Waals surface area (Å²) >= 11 is 1.55. The van der Waals surface area contributed by atoms with Gasteiger partial charge in [0.15, 0.2) is 0 Å². The zero-order valence-electron chi connectivity index (χ0n) is 10.2. The number of hydrogen-bond acceptors (Lipinski definition) is 5. The second-order valence-corrected chi connectivity index (χ2v) is 5.14. The third kappa shape index (κ3) is 2.92. The maximum Gasteiger partial charge on any atom is 0.268 e. The van der Waals surface area contributed by atoms with Gasteiger partial charge in [-0.1, -0.05) is 0 Å². The highest BCUT2D eigenvalue weighted by Crippen LogP contribution is 2.15. The van der Waals surface area contributed by atoms with Crippen molar-refractivity contribution in [3.63, 3.8) is 0 Å². The van der Waals surface area contributed by atoms with Crippen LogP contribution in [-0.2, 0) is 9.59 Å². The monoisotopic (exact) mass is 266 g/mol. The molecule has 0 aliphatic carbocycles. The maximum atomic E-state index is 11.9. The van der Waals surface area contributed by atoms with Gasteiger partial charge in [-0.2, -0.15) is 5.10 Å². The zero-order chi connectivity index (χ0) is 13.1. The molecular formula is C11H14N4O2S. The highest BCUT2D eigenvalue weighted by molar-refractivity contribution is 7.09. The molecule has 96 valence electrons. The normalized spacial score (nSPS) is 16.8. The summed E-state index contributed by atoms with van der Waals surface area (Å²) in [7, 11) is 0. The van der Waals surface area contributed by atoms with E-state index in [4.69, 9.17) is 0 Å². The van der Waals surface area contributed by atoms with Crippen molar-refractivity contribution < 1.29 is 9.59 Å². The molecule has 0 saturated heterocycles. The SMILES string of the molecule is Cc1nc(C(C)NC(=O)C2=NNC(=O)CC2)cs1. The lowest BCUT2D eigenvalue weighted by atomic mass is 10.1. The van der Waals surface area contributed by atoms with E-state index in [-0.39, 0.29) is 17.9 Å². The molecule has 2 heterocycles. The van der Waals surface area contributed by atoms with Gasteiger partial charge in [0.25, 0.3) is 5.91 Å². The van der Waals surface area contributed by atoms with Crippen LogP contribution in [0.5, 0.6) is 0 Å². The molecule has 0 aromatic carbocycles. The minimum absolute atomic E-state index is 0.158. The van der Waals surface area contributed by atoms with Crippen molar-refractivity contribution in [3.8, 4) is 0 Å². The van der Waals surface area contributed by atoms with E-state index in [9.17, 15) is 9.59 Å². The van der Waals surface area contributed by atoms with Gasteiger partial charge in [0.05, 0.1) is 16.7 Å². The third-order valence-corrected chi connectivity index (χ3v) is 3.39. The molecular weight excluding hydrogens is 252 g/mol. The second kappa shape index (κ2) is 5.26. The number of nitrogens with zero attached hydrogens (tertiary/aromatic N) is 2. The number of aromatic nitrogens is 1. The molecule has 1 aliphatic rings. The van der Waals surface area contributed by atoms with E-state index >= 15 is 0 Å². The third-order valence-electron chi connectivity index (χ3n) is 2.59. The number of hydrazone groups is 1. The molecule has 18 heavy (non-hydrogen) atoms. The van der Waals surface area contributed by atoms with Crippen LogP contribution in [0.25, 0.3) is 0 Å².